The van der Waals surface area contributed by atoms with Gasteiger partial charge >= 0.3 is 5.69 Å². The number of pyridine rings is 1. The van der Waals surface area contributed by atoms with E-state index in [0.29, 0.717) is 5.65 Å². The highest BCUT2D eigenvalue weighted by molar-refractivity contribution is 5.73. The van der Waals surface area contributed by atoms with Crippen molar-refractivity contribution in [3.05, 3.63) is 43.3 Å². The van der Waals surface area contributed by atoms with Crippen LogP contribution in [0.4, 0.5) is 0 Å². The summed E-state index contributed by atoms with van der Waals surface area (Å²) >= 11 is 0. The lowest BCUT2D eigenvalue weighted by atomic mass is 10.3. The van der Waals surface area contributed by atoms with Crippen LogP contribution in [-0.2, 0) is 21.1 Å². The van der Waals surface area contributed by atoms with Crippen LogP contribution < -0.4 is 16.7 Å². The lowest BCUT2D eigenvalue weighted by molar-refractivity contribution is 0.692. The predicted octanol–water partition coefficient (Wildman–Crippen LogP) is -1.06. The van der Waals surface area contributed by atoms with Gasteiger partial charge in [0.15, 0.2) is 5.43 Å². The van der Waals surface area contributed by atoms with Gasteiger partial charge in [0.25, 0.3) is 5.56 Å². The van der Waals surface area contributed by atoms with Crippen LogP contribution >= 0.6 is 0 Å². The Kier molecular flexibility index (Phi) is 2.08. The summed E-state index contributed by atoms with van der Waals surface area (Å²) in [5, 5.41) is 0.0367. The third-order valence-corrected chi connectivity index (χ3v) is 2.66. The first-order valence-electron chi connectivity index (χ1n) is 4.70. The van der Waals surface area contributed by atoms with Crippen LogP contribution in [0.3, 0.4) is 0 Å². The van der Waals surface area contributed by atoms with Crippen molar-refractivity contribution in [3.63, 3.8) is 0 Å². The number of nitrogens with zero attached hydrogens (tertiary/aromatic N) is 3. The largest absolute Gasteiger partial charge is 0.336 e. The van der Waals surface area contributed by atoms with Gasteiger partial charge < -0.3 is 4.57 Å². The molecule has 0 N–H and O–H groups in total. The van der Waals surface area contributed by atoms with Crippen LogP contribution in [0.25, 0.3) is 11.0 Å². The maximum Gasteiger partial charge on any atom is 0.332 e. The number of hydrogen-bond acceptors (Lipinski definition) is 3. The van der Waals surface area contributed by atoms with Crippen molar-refractivity contribution in [1.29, 1.82) is 0 Å². The number of aryl methyl sites for hydroxylation is 2. The lowest BCUT2D eigenvalue weighted by Crippen LogP contribution is -2.39. The molecular weight excluding hydrogens is 210 g/mol. The minimum Gasteiger partial charge on any atom is -0.336 e. The first-order valence-corrected chi connectivity index (χ1v) is 4.70. The van der Waals surface area contributed by atoms with Crippen molar-refractivity contribution in [2.45, 2.75) is 0 Å². The van der Waals surface area contributed by atoms with E-state index >= 15 is 0 Å². The number of hydrogen-bond donors (Lipinski definition) is 0. The van der Waals surface area contributed by atoms with Gasteiger partial charge in [0.1, 0.15) is 11.0 Å². The van der Waals surface area contributed by atoms with Gasteiger partial charge in [-0.1, -0.05) is 0 Å². The zero-order chi connectivity index (χ0) is 12.0. The molecule has 0 spiro atoms. The lowest BCUT2D eigenvalue weighted by Gasteiger charge is -2.10. The van der Waals surface area contributed by atoms with Crippen LogP contribution in [0.2, 0.25) is 0 Å². The van der Waals surface area contributed by atoms with Gasteiger partial charge in [-0.3, -0.25) is 18.7 Å². The smallest absolute Gasteiger partial charge is 0.332 e. The summed E-state index contributed by atoms with van der Waals surface area (Å²) in [4.78, 5) is 35.1. The van der Waals surface area contributed by atoms with Crippen molar-refractivity contribution in [2.75, 3.05) is 0 Å². The maximum absolute atomic E-state index is 11.8. The van der Waals surface area contributed by atoms with E-state index < -0.39 is 11.2 Å². The molecule has 2 aromatic heterocycles. The number of rotatable bonds is 0. The van der Waals surface area contributed by atoms with Crippen molar-refractivity contribution in [1.82, 2.24) is 13.7 Å². The molecule has 0 amide bonds. The van der Waals surface area contributed by atoms with Gasteiger partial charge in [0.2, 0.25) is 0 Å². The molecule has 2 rings (SSSR count). The maximum atomic E-state index is 11.8. The SMILES string of the molecule is Cn1c(=O)c2c(=O)ccn(C)c2n(C)c1=O. The number of fused-ring (bicyclic) bond motifs is 1. The van der Waals surface area contributed by atoms with Gasteiger partial charge in [-0.2, -0.15) is 0 Å². The van der Waals surface area contributed by atoms with Gasteiger partial charge in [-0.05, 0) is 0 Å². The fraction of sp³-hybridized carbons (Fsp3) is 0.300. The normalized spacial score (nSPS) is 10.9. The Labute approximate surface area is 90.0 Å². The third-order valence-electron chi connectivity index (χ3n) is 2.66. The van der Waals surface area contributed by atoms with E-state index in [1.54, 1.807) is 11.6 Å². The Morgan fingerprint density at radius 1 is 1.00 bits per heavy atom. The molecule has 2 heterocycles. The molecule has 0 saturated carbocycles. The molecule has 0 unspecified atom stereocenters. The highest BCUT2D eigenvalue weighted by Gasteiger charge is 2.12. The summed E-state index contributed by atoms with van der Waals surface area (Å²) in [6, 6.07) is 1.31. The van der Waals surface area contributed by atoms with Crippen LogP contribution in [0.5, 0.6) is 0 Å². The Balaban J connectivity index is 3.35. The average molecular weight is 221 g/mol. The highest BCUT2D eigenvalue weighted by Crippen LogP contribution is 1.99. The summed E-state index contributed by atoms with van der Waals surface area (Å²) in [5.74, 6) is 0. The molecule has 0 aliphatic heterocycles. The van der Waals surface area contributed by atoms with E-state index in [1.165, 1.54) is 30.9 Å². The first kappa shape index (κ1) is 10.4. The van der Waals surface area contributed by atoms with E-state index in [0.717, 1.165) is 4.57 Å². The molecule has 0 aliphatic rings. The summed E-state index contributed by atoms with van der Waals surface area (Å²) < 4.78 is 3.81. The van der Waals surface area contributed by atoms with Crippen LogP contribution in [0.1, 0.15) is 0 Å². The fourth-order valence-electron chi connectivity index (χ4n) is 1.80. The van der Waals surface area contributed by atoms with Gasteiger partial charge in [0, 0.05) is 33.4 Å². The van der Waals surface area contributed by atoms with Crippen LogP contribution in [0.15, 0.2) is 26.6 Å². The second kappa shape index (κ2) is 3.19. The highest BCUT2D eigenvalue weighted by atomic mass is 16.2. The minimum absolute atomic E-state index is 0.0367. The predicted molar refractivity (Wildman–Crippen MR) is 59.7 cm³/mol. The summed E-state index contributed by atoms with van der Waals surface area (Å²) in [7, 11) is 4.57. The van der Waals surface area contributed by atoms with E-state index in [-0.39, 0.29) is 10.8 Å². The summed E-state index contributed by atoms with van der Waals surface area (Å²) in [5.41, 5.74) is -1.04. The Hall–Kier alpha value is -2.11. The van der Waals surface area contributed by atoms with Gasteiger partial charge in [0.05, 0.1) is 0 Å². The molecule has 0 radical (unpaired) electrons. The molecule has 6 heteroatoms. The van der Waals surface area contributed by atoms with E-state index in [9.17, 15) is 14.4 Å². The topological polar surface area (TPSA) is 66.0 Å². The molecule has 0 bridgehead atoms. The zero-order valence-electron chi connectivity index (χ0n) is 9.22. The first-order chi connectivity index (χ1) is 7.45. The van der Waals surface area contributed by atoms with E-state index in [2.05, 4.69) is 0 Å². The van der Waals surface area contributed by atoms with E-state index in [4.69, 9.17) is 0 Å². The molecule has 0 aromatic carbocycles. The molecule has 0 aliphatic carbocycles. The standard InChI is InChI=1S/C10H11N3O3/c1-11-5-4-6(14)7-8(11)12(2)10(16)13(3)9(7)15/h4-5H,1-3H3. The van der Waals surface area contributed by atoms with Crippen molar-refractivity contribution >= 4 is 11.0 Å². The molecule has 0 saturated heterocycles. The average Bonchev–Trinajstić information content (AvgIpc) is 2.26. The Morgan fingerprint density at radius 2 is 1.62 bits per heavy atom. The van der Waals surface area contributed by atoms with Crippen LogP contribution in [-0.4, -0.2) is 13.7 Å². The molecule has 6 nitrogen and oxygen atoms in total. The second-order valence-corrected chi connectivity index (χ2v) is 3.70. The summed E-state index contributed by atoms with van der Waals surface area (Å²) in [6.45, 7) is 0. The number of aromatic nitrogens is 3. The zero-order valence-corrected chi connectivity index (χ0v) is 9.22. The Morgan fingerprint density at radius 3 is 2.25 bits per heavy atom. The molecular formula is C10H11N3O3. The molecule has 2 aromatic rings. The molecule has 0 fully saturated rings. The van der Waals surface area contributed by atoms with Gasteiger partial charge in [-0.15, -0.1) is 0 Å². The fourth-order valence-corrected chi connectivity index (χ4v) is 1.80. The second-order valence-electron chi connectivity index (χ2n) is 3.70. The minimum atomic E-state index is -0.556. The third kappa shape index (κ3) is 1.16. The van der Waals surface area contributed by atoms with Crippen molar-refractivity contribution in [2.24, 2.45) is 21.1 Å². The molecule has 84 valence electrons. The van der Waals surface area contributed by atoms with Crippen molar-refractivity contribution < 1.29 is 0 Å². The summed E-state index contributed by atoms with van der Waals surface area (Å²) in [6.07, 6.45) is 1.53. The van der Waals surface area contributed by atoms with Crippen LogP contribution in [0, 0.1) is 0 Å². The van der Waals surface area contributed by atoms with Crippen molar-refractivity contribution in [3.8, 4) is 0 Å². The van der Waals surface area contributed by atoms with Gasteiger partial charge in [-0.25, -0.2) is 4.79 Å². The van der Waals surface area contributed by atoms with E-state index in [1.807, 2.05) is 0 Å². The molecule has 16 heavy (non-hydrogen) atoms. The quantitative estimate of drug-likeness (QED) is 0.569. The Bertz CT molecular complexity index is 749. The molecule has 0 atom stereocenters. The monoisotopic (exact) mass is 221 g/mol.